The zero-order chi connectivity index (χ0) is 19.7. The largest absolute Gasteiger partial charge is 0.468 e. The van der Waals surface area contributed by atoms with Gasteiger partial charge in [0.05, 0.1) is 17.3 Å². The second kappa shape index (κ2) is 7.69. The highest BCUT2D eigenvalue weighted by molar-refractivity contribution is 7.91. The number of hydrogen-bond donors (Lipinski definition) is 0. The Kier molecular flexibility index (Phi) is 5.68. The molecular formula is C17H19F2NO5S2. The summed E-state index contributed by atoms with van der Waals surface area (Å²) in [7, 11) is -7.26. The van der Waals surface area contributed by atoms with Gasteiger partial charge in [-0.1, -0.05) is 0 Å². The second-order valence-electron chi connectivity index (χ2n) is 6.52. The molecule has 2 aromatic rings. The second-order valence-corrected chi connectivity index (χ2v) is 10.8. The maximum absolute atomic E-state index is 13.3. The summed E-state index contributed by atoms with van der Waals surface area (Å²) in [6.45, 7) is 0.0877. The minimum Gasteiger partial charge on any atom is -0.468 e. The van der Waals surface area contributed by atoms with E-state index in [0.717, 1.165) is 12.1 Å². The van der Waals surface area contributed by atoms with Crippen molar-refractivity contribution in [2.24, 2.45) is 0 Å². The van der Waals surface area contributed by atoms with Gasteiger partial charge in [-0.2, -0.15) is 0 Å². The number of rotatable bonds is 6. The summed E-state index contributed by atoms with van der Waals surface area (Å²) in [5.74, 6) is -2.10. The summed E-state index contributed by atoms with van der Waals surface area (Å²) in [5, 5.41) is -0.652. The van der Waals surface area contributed by atoms with Gasteiger partial charge >= 0.3 is 0 Å². The molecule has 1 aromatic heterocycles. The van der Waals surface area contributed by atoms with Gasteiger partial charge in [0.2, 0.25) is 10.0 Å². The quantitative estimate of drug-likeness (QED) is 0.718. The number of nitrogens with zero attached hydrogens (tertiary/aromatic N) is 1. The van der Waals surface area contributed by atoms with Gasteiger partial charge < -0.3 is 4.42 Å². The third-order valence-electron chi connectivity index (χ3n) is 4.50. The van der Waals surface area contributed by atoms with Crippen molar-refractivity contribution < 1.29 is 30.0 Å². The molecule has 0 unspecified atom stereocenters. The van der Waals surface area contributed by atoms with Crippen LogP contribution in [0.3, 0.4) is 0 Å². The average Bonchev–Trinajstić information content (AvgIpc) is 3.06. The van der Waals surface area contributed by atoms with Crippen LogP contribution in [0.5, 0.6) is 0 Å². The molecule has 148 valence electrons. The molecule has 0 bridgehead atoms. The molecule has 10 heteroatoms. The summed E-state index contributed by atoms with van der Waals surface area (Å²) in [4.78, 5) is 0. The molecule has 6 nitrogen and oxygen atoms in total. The van der Waals surface area contributed by atoms with E-state index in [1.807, 2.05) is 0 Å². The van der Waals surface area contributed by atoms with Gasteiger partial charge in [-0.25, -0.2) is 29.9 Å². The van der Waals surface area contributed by atoms with Crippen LogP contribution in [0.4, 0.5) is 8.78 Å². The molecule has 27 heavy (non-hydrogen) atoms. The third kappa shape index (κ3) is 4.94. The van der Waals surface area contributed by atoms with Crippen molar-refractivity contribution in [3.05, 3.63) is 59.6 Å². The van der Waals surface area contributed by atoms with Crippen molar-refractivity contribution in [3.63, 3.8) is 0 Å². The predicted octanol–water partition coefficient (Wildman–Crippen LogP) is 2.47. The van der Waals surface area contributed by atoms with Crippen molar-refractivity contribution >= 4 is 19.9 Å². The maximum Gasteiger partial charge on any atom is 0.218 e. The van der Waals surface area contributed by atoms with E-state index < -0.39 is 42.5 Å². The Labute approximate surface area is 156 Å². The van der Waals surface area contributed by atoms with Gasteiger partial charge in [-0.3, -0.25) is 0 Å². The molecule has 0 radical (unpaired) electrons. The highest BCUT2D eigenvalue weighted by Gasteiger charge is 2.34. The number of sulfone groups is 1. The van der Waals surface area contributed by atoms with E-state index >= 15 is 0 Å². The Morgan fingerprint density at radius 2 is 1.63 bits per heavy atom. The molecule has 0 atom stereocenters. The molecule has 1 aliphatic rings. The molecule has 0 aliphatic carbocycles. The van der Waals surface area contributed by atoms with Crippen molar-refractivity contribution in [2.75, 3.05) is 13.1 Å². The Balaban J connectivity index is 1.64. The van der Waals surface area contributed by atoms with Crippen LogP contribution in [0.1, 0.15) is 24.2 Å². The maximum atomic E-state index is 13.3. The van der Waals surface area contributed by atoms with E-state index in [2.05, 4.69) is 0 Å². The van der Waals surface area contributed by atoms with Crippen LogP contribution in [-0.4, -0.2) is 39.5 Å². The standard InChI is InChI=1S/C17H19F2NO5S2/c18-14-8-13(9-15(19)10-14)11-27(23,24)20-5-3-17(4-6-20)26(21,22)12-16-2-1-7-25-16/h1-2,7-10,17H,3-6,11-12H2. The smallest absolute Gasteiger partial charge is 0.218 e. The van der Waals surface area contributed by atoms with Gasteiger partial charge in [-0.05, 0) is 42.7 Å². The van der Waals surface area contributed by atoms with Crippen LogP contribution in [-0.2, 0) is 31.4 Å². The number of hydrogen-bond acceptors (Lipinski definition) is 5. The molecule has 3 rings (SSSR count). The first kappa shape index (κ1) is 20.0. The molecule has 2 heterocycles. The Bertz CT molecular complexity index is 976. The minimum atomic E-state index is -3.80. The van der Waals surface area contributed by atoms with E-state index in [9.17, 15) is 25.6 Å². The van der Waals surface area contributed by atoms with Crippen molar-refractivity contribution in [1.29, 1.82) is 0 Å². The fourth-order valence-electron chi connectivity index (χ4n) is 3.18. The van der Waals surface area contributed by atoms with Crippen LogP contribution in [0.15, 0.2) is 41.0 Å². The summed E-state index contributed by atoms with van der Waals surface area (Å²) < 4.78 is 82.7. The number of sulfonamides is 1. The van der Waals surface area contributed by atoms with Crippen molar-refractivity contribution in [1.82, 2.24) is 4.31 Å². The lowest BCUT2D eigenvalue weighted by Gasteiger charge is -2.30. The molecule has 1 aromatic carbocycles. The van der Waals surface area contributed by atoms with Gasteiger partial charge in [0.1, 0.15) is 23.1 Å². The van der Waals surface area contributed by atoms with Gasteiger partial charge in [-0.15, -0.1) is 0 Å². The summed E-state index contributed by atoms with van der Waals surface area (Å²) >= 11 is 0. The summed E-state index contributed by atoms with van der Waals surface area (Å²) in [6.07, 6.45) is 1.73. The zero-order valence-electron chi connectivity index (χ0n) is 14.3. The van der Waals surface area contributed by atoms with Crippen molar-refractivity contribution in [3.8, 4) is 0 Å². The highest BCUT2D eigenvalue weighted by Crippen LogP contribution is 2.24. The first-order valence-electron chi connectivity index (χ1n) is 8.32. The normalized spacial score (nSPS) is 17.3. The van der Waals surface area contributed by atoms with Gasteiger partial charge in [0, 0.05) is 19.2 Å². The summed E-state index contributed by atoms with van der Waals surface area (Å²) in [6, 6.07) is 5.80. The van der Waals surface area contributed by atoms with Crippen LogP contribution < -0.4 is 0 Å². The molecule has 1 aliphatic heterocycles. The lowest BCUT2D eigenvalue weighted by molar-refractivity contribution is 0.344. The number of halogens is 2. The van der Waals surface area contributed by atoms with E-state index in [0.29, 0.717) is 11.8 Å². The molecule has 0 saturated carbocycles. The average molecular weight is 419 g/mol. The lowest BCUT2D eigenvalue weighted by Crippen LogP contribution is -2.43. The number of piperidine rings is 1. The topological polar surface area (TPSA) is 84.7 Å². The SMILES string of the molecule is O=S(=O)(Cc1ccco1)C1CCN(S(=O)(=O)Cc2cc(F)cc(F)c2)CC1. The highest BCUT2D eigenvalue weighted by atomic mass is 32.2. The fourth-order valence-corrected chi connectivity index (χ4v) is 6.44. The van der Waals surface area contributed by atoms with Gasteiger partial charge in [0.25, 0.3) is 0 Å². The Hall–Kier alpha value is -1.78. The molecular weight excluding hydrogens is 400 g/mol. The van der Waals surface area contributed by atoms with Gasteiger partial charge in [0.15, 0.2) is 9.84 Å². The van der Waals surface area contributed by atoms with Crippen LogP contribution >= 0.6 is 0 Å². The van der Waals surface area contributed by atoms with E-state index in [4.69, 9.17) is 4.42 Å². The molecule has 1 saturated heterocycles. The molecule has 1 fully saturated rings. The molecule has 0 spiro atoms. The fraction of sp³-hybridized carbons (Fsp3) is 0.412. The molecule has 0 amide bonds. The number of furan rings is 1. The third-order valence-corrected chi connectivity index (χ3v) is 8.52. The lowest BCUT2D eigenvalue weighted by atomic mass is 10.2. The van der Waals surface area contributed by atoms with E-state index in [1.54, 1.807) is 12.1 Å². The number of benzene rings is 1. The molecule has 0 N–H and O–H groups in total. The van der Waals surface area contributed by atoms with Crippen LogP contribution in [0.2, 0.25) is 0 Å². The first-order chi connectivity index (χ1) is 12.7. The van der Waals surface area contributed by atoms with Crippen molar-refractivity contribution in [2.45, 2.75) is 29.6 Å². The zero-order valence-corrected chi connectivity index (χ0v) is 16.0. The van der Waals surface area contributed by atoms with Crippen LogP contribution in [0.25, 0.3) is 0 Å². The summed E-state index contributed by atoms with van der Waals surface area (Å²) in [5.41, 5.74) is 0.0139. The van der Waals surface area contributed by atoms with Crippen LogP contribution in [0, 0.1) is 11.6 Å². The monoisotopic (exact) mass is 419 g/mol. The van der Waals surface area contributed by atoms with E-state index in [-0.39, 0.29) is 37.2 Å². The predicted molar refractivity (Wildman–Crippen MR) is 94.9 cm³/mol. The van der Waals surface area contributed by atoms with E-state index in [1.165, 1.54) is 10.6 Å². The first-order valence-corrected chi connectivity index (χ1v) is 11.6. The Morgan fingerprint density at radius 3 is 2.19 bits per heavy atom. The minimum absolute atomic E-state index is 0.0139. The Morgan fingerprint density at radius 1 is 1.00 bits per heavy atom.